The molecule has 186 valence electrons. The van der Waals surface area contributed by atoms with Crippen molar-refractivity contribution in [3.63, 3.8) is 0 Å². The smallest absolute Gasteiger partial charge is 0.383 e. The molecule has 3 heterocycles. The third-order valence-electron chi connectivity index (χ3n) is 5.89. The average molecular weight is 486 g/mol. The number of nitrogen functional groups attached to an aromatic ring is 1. The van der Waals surface area contributed by atoms with Gasteiger partial charge in [-0.2, -0.15) is 30.0 Å². The zero-order valence-electron chi connectivity index (χ0n) is 20.4. The maximum absolute atomic E-state index is 12.7. The van der Waals surface area contributed by atoms with E-state index in [1.165, 1.54) is 50.1 Å². The average Bonchev–Trinajstić information content (AvgIpc) is 3.46. The van der Waals surface area contributed by atoms with E-state index in [9.17, 15) is 13.2 Å². The third kappa shape index (κ3) is 7.91. The molecule has 2 unspecified atom stereocenters. The Hall–Kier alpha value is -1.74. The van der Waals surface area contributed by atoms with E-state index in [4.69, 9.17) is 5.73 Å². The number of halogens is 3. The van der Waals surface area contributed by atoms with Crippen molar-refractivity contribution in [3.05, 3.63) is 30.1 Å². The molecule has 2 atom stereocenters. The van der Waals surface area contributed by atoms with Gasteiger partial charge in [0.1, 0.15) is 5.82 Å². The monoisotopic (exact) mass is 485 g/mol. The van der Waals surface area contributed by atoms with Gasteiger partial charge in [0.05, 0.1) is 11.3 Å². The molecule has 0 bridgehead atoms. The van der Waals surface area contributed by atoms with Gasteiger partial charge in [-0.15, -0.1) is 0 Å². The highest BCUT2D eigenvalue weighted by Crippen LogP contribution is 2.35. The van der Waals surface area contributed by atoms with Crippen LogP contribution in [-0.2, 0) is 6.18 Å². The molecule has 0 amide bonds. The fourth-order valence-corrected chi connectivity index (χ4v) is 5.00. The van der Waals surface area contributed by atoms with Crippen molar-refractivity contribution in [1.29, 1.82) is 0 Å². The molecule has 1 aliphatic heterocycles. The Kier molecular flexibility index (Phi) is 10.5. The van der Waals surface area contributed by atoms with E-state index in [1.807, 2.05) is 27.7 Å². The summed E-state index contributed by atoms with van der Waals surface area (Å²) in [6.07, 6.45) is 2.87. The van der Waals surface area contributed by atoms with Gasteiger partial charge in [0, 0.05) is 54.6 Å². The third-order valence-corrected chi connectivity index (χ3v) is 6.83. The molecule has 2 aromatic rings. The Balaban J connectivity index is 0.000000236. The van der Waals surface area contributed by atoms with Crippen molar-refractivity contribution in [2.75, 3.05) is 30.3 Å². The second kappa shape index (κ2) is 12.6. The van der Waals surface area contributed by atoms with E-state index in [-0.39, 0.29) is 6.04 Å². The second-order valence-corrected chi connectivity index (χ2v) is 9.87. The molecule has 33 heavy (non-hydrogen) atoms. The number of hydrogen-bond acceptors (Lipinski definition) is 5. The normalized spacial score (nSPS) is 21.2. The summed E-state index contributed by atoms with van der Waals surface area (Å²) in [5.74, 6) is 3.19. The van der Waals surface area contributed by atoms with Crippen LogP contribution < -0.4 is 5.73 Å². The standard InChI is InChI=1S/C12H13F3N4.C10H19NS.C2H6/c1-7(2)19-4-3-10(18-19)8-5-9(12(13,14)15)11(16)17-6-8;1-9-2-3-10(8-9)11-4-6-12-7-5-11;1-2/h3-7H,1-2H3,(H2,16,17);9-10H,2-8H2,1H3;1-2H3. The fourth-order valence-electron chi connectivity index (χ4n) is 4.07. The van der Waals surface area contributed by atoms with Crippen LogP contribution >= 0.6 is 11.8 Å². The predicted octanol–water partition coefficient (Wildman–Crippen LogP) is 6.38. The summed E-state index contributed by atoms with van der Waals surface area (Å²) in [5, 5.41) is 4.20. The largest absolute Gasteiger partial charge is 0.419 e. The lowest BCUT2D eigenvalue weighted by atomic mass is 10.1. The molecule has 2 fully saturated rings. The van der Waals surface area contributed by atoms with Crippen LogP contribution in [0.5, 0.6) is 0 Å². The lowest BCUT2D eigenvalue weighted by molar-refractivity contribution is -0.137. The first kappa shape index (κ1) is 27.5. The molecule has 9 heteroatoms. The maximum Gasteiger partial charge on any atom is 0.419 e. The summed E-state index contributed by atoms with van der Waals surface area (Å²) >= 11 is 2.12. The second-order valence-electron chi connectivity index (χ2n) is 8.65. The van der Waals surface area contributed by atoms with Crippen LogP contribution in [0, 0.1) is 5.92 Å². The van der Waals surface area contributed by atoms with Gasteiger partial charge >= 0.3 is 6.18 Å². The number of anilines is 1. The molecule has 0 aromatic carbocycles. The molecule has 2 aliphatic rings. The minimum absolute atomic E-state index is 0.137. The van der Waals surface area contributed by atoms with Crippen LogP contribution in [-0.4, -0.2) is 50.3 Å². The lowest BCUT2D eigenvalue weighted by Gasteiger charge is -2.31. The Labute approximate surface area is 200 Å². The Morgan fingerprint density at radius 1 is 1.15 bits per heavy atom. The first-order valence-corrected chi connectivity index (χ1v) is 13.0. The van der Waals surface area contributed by atoms with E-state index < -0.39 is 17.6 Å². The minimum Gasteiger partial charge on any atom is -0.383 e. The van der Waals surface area contributed by atoms with E-state index in [0.29, 0.717) is 11.3 Å². The number of pyridine rings is 1. The van der Waals surface area contributed by atoms with Gasteiger partial charge in [0.2, 0.25) is 0 Å². The molecule has 2 N–H and O–H groups in total. The lowest BCUT2D eigenvalue weighted by Crippen LogP contribution is -2.39. The highest BCUT2D eigenvalue weighted by Gasteiger charge is 2.34. The van der Waals surface area contributed by atoms with Crippen molar-refractivity contribution in [2.24, 2.45) is 5.92 Å². The topological polar surface area (TPSA) is 60.0 Å². The van der Waals surface area contributed by atoms with Crippen LogP contribution in [0.2, 0.25) is 0 Å². The summed E-state index contributed by atoms with van der Waals surface area (Å²) < 4.78 is 39.9. The molecule has 1 saturated heterocycles. The number of alkyl halides is 3. The number of nitrogens with zero attached hydrogens (tertiary/aromatic N) is 4. The molecule has 4 rings (SSSR count). The minimum atomic E-state index is -4.52. The van der Waals surface area contributed by atoms with Crippen LogP contribution in [0.4, 0.5) is 19.0 Å². The summed E-state index contributed by atoms with van der Waals surface area (Å²) in [7, 11) is 0. The van der Waals surface area contributed by atoms with E-state index in [2.05, 4.69) is 33.7 Å². The first-order valence-electron chi connectivity index (χ1n) is 11.8. The van der Waals surface area contributed by atoms with Gasteiger partial charge in [-0.25, -0.2) is 4.98 Å². The number of rotatable bonds is 3. The van der Waals surface area contributed by atoms with Gasteiger partial charge in [0.15, 0.2) is 0 Å². The molecular formula is C24H38F3N5S. The Morgan fingerprint density at radius 3 is 2.33 bits per heavy atom. The first-order chi connectivity index (χ1) is 15.6. The molecule has 1 aliphatic carbocycles. The summed E-state index contributed by atoms with van der Waals surface area (Å²) in [4.78, 5) is 6.31. The highest BCUT2D eigenvalue weighted by molar-refractivity contribution is 7.99. The summed E-state index contributed by atoms with van der Waals surface area (Å²) in [6.45, 7) is 13.0. The zero-order chi connectivity index (χ0) is 24.6. The molecule has 0 radical (unpaired) electrons. The van der Waals surface area contributed by atoms with Crippen molar-refractivity contribution < 1.29 is 13.2 Å². The highest BCUT2D eigenvalue weighted by atomic mass is 32.2. The zero-order valence-corrected chi connectivity index (χ0v) is 21.2. The number of aromatic nitrogens is 3. The van der Waals surface area contributed by atoms with E-state index in [0.717, 1.165) is 18.0 Å². The van der Waals surface area contributed by atoms with E-state index in [1.54, 1.807) is 16.9 Å². The summed E-state index contributed by atoms with van der Waals surface area (Å²) in [6, 6.07) is 3.70. The van der Waals surface area contributed by atoms with Crippen molar-refractivity contribution in [1.82, 2.24) is 19.7 Å². The quantitative estimate of drug-likeness (QED) is 0.547. The summed E-state index contributed by atoms with van der Waals surface area (Å²) in [5.41, 5.74) is 5.04. The molecule has 2 aromatic heterocycles. The van der Waals surface area contributed by atoms with Crippen molar-refractivity contribution in [2.45, 2.75) is 72.1 Å². The molecule has 1 saturated carbocycles. The number of nitrogens with two attached hydrogens (primary N) is 1. The molecule has 5 nitrogen and oxygen atoms in total. The van der Waals surface area contributed by atoms with Gasteiger partial charge in [0.25, 0.3) is 0 Å². The van der Waals surface area contributed by atoms with Crippen molar-refractivity contribution in [3.8, 4) is 11.3 Å². The van der Waals surface area contributed by atoms with Gasteiger partial charge in [-0.1, -0.05) is 20.8 Å². The van der Waals surface area contributed by atoms with E-state index >= 15 is 0 Å². The van der Waals surface area contributed by atoms with Gasteiger partial charge in [-0.3, -0.25) is 9.58 Å². The Bertz CT molecular complexity index is 844. The van der Waals surface area contributed by atoms with Crippen molar-refractivity contribution >= 4 is 17.6 Å². The maximum atomic E-state index is 12.7. The molecule has 0 spiro atoms. The Morgan fingerprint density at radius 2 is 1.82 bits per heavy atom. The van der Waals surface area contributed by atoms with Crippen LogP contribution in [0.15, 0.2) is 24.5 Å². The van der Waals surface area contributed by atoms with Gasteiger partial charge < -0.3 is 5.73 Å². The van der Waals surface area contributed by atoms with Crippen LogP contribution in [0.3, 0.4) is 0 Å². The fraction of sp³-hybridized carbons (Fsp3) is 0.667. The predicted molar refractivity (Wildman–Crippen MR) is 132 cm³/mol. The number of thioether (sulfide) groups is 1. The SMILES string of the molecule is CC.CC(C)n1ccc(-c2cnc(N)c(C(F)(F)F)c2)n1.CC1CCC(N2CCSCC2)C1. The van der Waals surface area contributed by atoms with Crippen LogP contribution in [0.1, 0.15) is 65.5 Å². The van der Waals surface area contributed by atoms with Gasteiger partial charge in [-0.05, 0) is 51.2 Å². The van der Waals surface area contributed by atoms with Crippen LogP contribution in [0.25, 0.3) is 11.3 Å². The molecular weight excluding hydrogens is 447 g/mol. The number of hydrogen-bond donors (Lipinski definition) is 1.